The fourth-order valence-corrected chi connectivity index (χ4v) is 5.02. The van der Waals surface area contributed by atoms with Gasteiger partial charge in [0, 0.05) is 16.8 Å². The Hall–Kier alpha value is -0.100. The Morgan fingerprint density at radius 1 is 1.44 bits per heavy atom. The lowest BCUT2D eigenvalue weighted by Gasteiger charge is -2.10. The number of thiophene rings is 1. The van der Waals surface area contributed by atoms with Crippen LogP contribution in [0.15, 0.2) is 16.3 Å². The van der Waals surface area contributed by atoms with Crippen LogP contribution in [0.3, 0.4) is 0 Å². The highest BCUT2D eigenvalue weighted by molar-refractivity contribution is 7.91. The molecular formula is C12H18ClNO2S2. The van der Waals surface area contributed by atoms with E-state index in [-0.39, 0.29) is 5.38 Å². The zero-order valence-electron chi connectivity index (χ0n) is 10.4. The molecule has 1 aromatic heterocycles. The Balaban J connectivity index is 1.95. The van der Waals surface area contributed by atoms with Gasteiger partial charge < -0.3 is 0 Å². The fourth-order valence-electron chi connectivity index (χ4n) is 2.19. The van der Waals surface area contributed by atoms with Gasteiger partial charge in [0.1, 0.15) is 4.21 Å². The van der Waals surface area contributed by atoms with Gasteiger partial charge in [-0.25, -0.2) is 13.1 Å². The van der Waals surface area contributed by atoms with Crippen molar-refractivity contribution in [3.63, 3.8) is 0 Å². The van der Waals surface area contributed by atoms with Crippen molar-refractivity contribution in [2.75, 3.05) is 6.54 Å². The molecule has 3 nitrogen and oxygen atoms in total. The van der Waals surface area contributed by atoms with E-state index in [0.717, 1.165) is 30.6 Å². The third-order valence-corrected chi connectivity index (χ3v) is 6.83. The normalized spacial score (nSPS) is 24.6. The van der Waals surface area contributed by atoms with Crippen LogP contribution in [-0.4, -0.2) is 20.3 Å². The van der Waals surface area contributed by atoms with Gasteiger partial charge in [-0.2, -0.15) is 0 Å². The van der Waals surface area contributed by atoms with Crippen LogP contribution in [0.2, 0.25) is 0 Å². The lowest BCUT2D eigenvalue weighted by Crippen LogP contribution is -2.28. The van der Waals surface area contributed by atoms with Crippen LogP contribution in [0.25, 0.3) is 0 Å². The molecule has 18 heavy (non-hydrogen) atoms. The predicted octanol–water partition coefficient (Wildman–Crippen LogP) is 3.00. The number of rotatable bonds is 5. The summed E-state index contributed by atoms with van der Waals surface area (Å²) in [5, 5.41) is 0.216. The van der Waals surface area contributed by atoms with Gasteiger partial charge in [-0.3, -0.25) is 0 Å². The van der Waals surface area contributed by atoms with E-state index in [2.05, 4.69) is 4.72 Å². The molecule has 1 N–H and O–H groups in total. The molecule has 0 spiro atoms. The molecular weight excluding hydrogens is 290 g/mol. The molecule has 1 fully saturated rings. The number of hydrogen-bond acceptors (Lipinski definition) is 3. The van der Waals surface area contributed by atoms with Gasteiger partial charge in [-0.15, -0.1) is 22.9 Å². The Bertz CT molecular complexity index is 498. The highest BCUT2D eigenvalue weighted by Crippen LogP contribution is 2.29. The van der Waals surface area contributed by atoms with Gasteiger partial charge in [0.2, 0.25) is 10.0 Å². The molecule has 2 atom stereocenters. The quantitative estimate of drug-likeness (QED) is 0.850. The Morgan fingerprint density at radius 2 is 2.22 bits per heavy atom. The summed E-state index contributed by atoms with van der Waals surface area (Å²) < 4.78 is 27.2. The molecule has 1 heterocycles. The van der Waals surface area contributed by atoms with E-state index < -0.39 is 10.0 Å². The molecule has 0 amide bonds. The van der Waals surface area contributed by atoms with Crippen LogP contribution in [0.1, 0.15) is 31.1 Å². The van der Waals surface area contributed by atoms with E-state index in [0.29, 0.717) is 16.7 Å². The SMILES string of the molecule is CCc1ccc(S(=O)(=O)NCC2CCC(Cl)C2)s1. The van der Waals surface area contributed by atoms with Crippen LogP contribution in [0.4, 0.5) is 0 Å². The molecule has 2 rings (SSSR count). The number of alkyl halides is 1. The van der Waals surface area contributed by atoms with Gasteiger partial charge in [-0.05, 0) is 43.7 Å². The van der Waals surface area contributed by atoms with Crippen LogP contribution in [-0.2, 0) is 16.4 Å². The average Bonchev–Trinajstić information content (AvgIpc) is 2.95. The van der Waals surface area contributed by atoms with E-state index in [9.17, 15) is 8.42 Å². The standard InChI is InChI=1S/C12H18ClNO2S2/c1-2-11-5-6-12(17-11)18(15,16)14-8-9-3-4-10(13)7-9/h5-6,9-10,14H,2-4,7-8H2,1H3. The van der Waals surface area contributed by atoms with Gasteiger partial charge in [0.05, 0.1) is 0 Å². The number of aryl methyl sites for hydroxylation is 1. The molecule has 0 saturated heterocycles. The van der Waals surface area contributed by atoms with Gasteiger partial charge >= 0.3 is 0 Å². The molecule has 0 aromatic carbocycles. The van der Waals surface area contributed by atoms with Gasteiger partial charge in [0.25, 0.3) is 0 Å². The molecule has 0 bridgehead atoms. The first-order chi connectivity index (χ1) is 8.51. The molecule has 2 unspecified atom stereocenters. The first-order valence-electron chi connectivity index (χ1n) is 6.23. The molecule has 6 heteroatoms. The summed E-state index contributed by atoms with van der Waals surface area (Å²) in [5.74, 6) is 0.382. The maximum atomic E-state index is 12.1. The number of hydrogen-bond donors (Lipinski definition) is 1. The van der Waals surface area contributed by atoms with E-state index in [4.69, 9.17) is 11.6 Å². The summed E-state index contributed by atoms with van der Waals surface area (Å²) in [4.78, 5) is 1.09. The van der Waals surface area contributed by atoms with Crippen molar-refractivity contribution in [1.82, 2.24) is 4.72 Å². The summed E-state index contributed by atoms with van der Waals surface area (Å²) in [6.07, 6.45) is 3.79. The number of sulfonamides is 1. The van der Waals surface area contributed by atoms with E-state index in [1.54, 1.807) is 6.07 Å². The number of halogens is 1. The van der Waals surface area contributed by atoms with E-state index in [1.807, 2.05) is 13.0 Å². The second kappa shape index (κ2) is 5.90. The number of nitrogens with one attached hydrogen (secondary N) is 1. The summed E-state index contributed by atoms with van der Waals surface area (Å²) >= 11 is 7.37. The molecule has 0 radical (unpaired) electrons. The van der Waals surface area contributed by atoms with Crippen molar-refractivity contribution in [3.05, 3.63) is 17.0 Å². The van der Waals surface area contributed by atoms with Crippen molar-refractivity contribution in [2.24, 2.45) is 5.92 Å². The maximum Gasteiger partial charge on any atom is 0.250 e. The minimum Gasteiger partial charge on any atom is -0.210 e. The van der Waals surface area contributed by atoms with Gasteiger partial charge in [0.15, 0.2) is 0 Å². The third kappa shape index (κ3) is 3.47. The summed E-state index contributed by atoms with van der Waals surface area (Å²) in [5.41, 5.74) is 0. The second-order valence-electron chi connectivity index (χ2n) is 4.70. The Labute approximate surface area is 118 Å². The molecule has 1 aliphatic rings. The first kappa shape index (κ1) is 14.3. The predicted molar refractivity (Wildman–Crippen MR) is 75.9 cm³/mol. The minimum atomic E-state index is -3.33. The highest BCUT2D eigenvalue weighted by Gasteiger charge is 2.25. The monoisotopic (exact) mass is 307 g/mol. The van der Waals surface area contributed by atoms with Crippen molar-refractivity contribution < 1.29 is 8.42 Å². The topological polar surface area (TPSA) is 46.2 Å². The van der Waals surface area contributed by atoms with Crippen molar-refractivity contribution in [2.45, 2.75) is 42.2 Å². The first-order valence-corrected chi connectivity index (χ1v) is 8.97. The lowest BCUT2D eigenvalue weighted by atomic mass is 10.1. The lowest BCUT2D eigenvalue weighted by molar-refractivity contribution is 0.521. The molecule has 1 aromatic rings. The Kier molecular flexibility index (Phi) is 4.69. The molecule has 1 aliphatic carbocycles. The van der Waals surface area contributed by atoms with Crippen molar-refractivity contribution >= 4 is 33.0 Å². The maximum absolute atomic E-state index is 12.1. The van der Waals surface area contributed by atoms with Crippen LogP contribution < -0.4 is 4.72 Å². The van der Waals surface area contributed by atoms with Gasteiger partial charge in [-0.1, -0.05) is 6.92 Å². The fraction of sp³-hybridized carbons (Fsp3) is 0.667. The smallest absolute Gasteiger partial charge is 0.210 e. The average molecular weight is 308 g/mol. The third-order valence-electron chi connectivity index (χ3n) is 3.29. The van der Waals surface area contributed by atoms with Crippen LogP contribution in [0, 0.1) is 5.92 Å². The second-order valence-corrected chi connectivity index (χ2v) is 8.48. The Morgan fingerprint density at radius 3 is 2.78 bits per heavy atom. The zero-order valence-corrected chi connectivity index (χ0v) is 12.7. The van der Waals surface area contributed by atoms with Crippen molar-refractivity contribution in [1.29, 1.82) is 0 Å². The van der Waals surface area contributed by atoms with Crippen LogP contribution in [0.5, 0.6) is 0 Å². The zero-order chi connectivity index (χ0) is 13.2. The summed E-state index contributed by atoms with van der Waals surface area (Å²) in [7, 11) is -3.33. The van der Waals surface area contributed by atoms with E-state index in [1.165, 1.54) is 11.3 Å². The summed E-state index contributed by atoms with van der Waals surface area (Å²) in [6, 6.07) is 3.56. The van der Waals surface area contributed by atoms with Crippen molar-refractivity contribution in [3.8, 4) is 0 Å². The minimum absolute atomic E-state index is 0.216. The highest BCUT2D eigenvalue weighted by atomic mass is 35.5. The molecule has 102 valence electrons. The summed E-state index contributed by atoms with van der Waals surface area (Å²) in [6.45, 7) is 2.53. The largest absolute Gasteiger partial charge is 0.250 e. The molecule has 0 aliphatic heterocycles. The van der Waals surface area contributed by atoms with Crippen LogP contribution >= 0.6 is 22.9 Å². The molecule has 1 saturated carbocycles. The van der Waals surface area contributed by atoms with E-state index >= 15 is 0 Å².